The van der Waals surface area contributed by atoms with Crippen LogP contribution in [-0.2, 0) is 4.79 Å². The highest BCUT2D eigenvalue weighted by Crippen LogP contribution is 2.28. The highest BCUT2D eigenvalue weighted by molar-refractivity contribution is 6.31. The van der Waals surface area contributed by atoms with Gasteiger partial charge in [-0.1, -0.05) is 29.8 Å². The Hall–Kier alpha value is -1.06. The van der Waals surface area contributed by atoms with E-state index >= 15 is 0 Å². The van der Waals surface area contributed by atoms with Crippen molar-refractivity contribution in [3.8, 4) is 0 Å². The van der Waals surface area contributed by atoms with Crippen LogP contribution in [0, 0.1) is 0 Å². The summed E-state index contributed by atoms with van der Waals surface area (Å²) in [5, 5.41) is 12.7. The van der Waals surface area contributed by atoms with E-state index in [-0.39, 0.29) is 0 Å². The average molecular weight is 226 g/mol. The molecule has 0 aliphatic heterocycles. The Morgan fingerprint density at radius 1 is 1.47 bits per heavy atom. The smallest absolute Gasteiger partial charge is 0.325 e. The van der Waals surface area contributed by atoms with Gasteiger partial charge >= 0.3 is 5.97 Å². The van der Waals surface area contributed by atoms with Gasteiger partial charge < -0.3 is 5.11 Å². The molecule has 4 heteroatoms. The molecule has 1 aromatic carbocycles. The van der Waals surface area contributed by atoms with Crippen LogP contribution in [0.1, 0.15) is 24.4 Å². The molecule has 1 aromatic rings. The van der Waals surface area contributed by atoms with Crippen LogP contribution in [0.3, 0.4) is 0 Å². The molecule has 2 rings (SSSR count). The third-order valence-electron chi connectivity index (χ3n) is 2.44. The molecule has 0 radical (unpaired) electrons. The summed E-state index contributed by atoms with van der Waals surface area (Å²) < 4.78 is 0. The summed E-state index contributed by atoms with van der Waals surface area (Å²) in [4.78, 5) is 11.1. The molecule has 1 aliphatic carbocycles. The lowest BCUT2D eigenvalue weighted by Crippen LogP contribution is -2.30. The van der Waals surface area contributed by atoms with Crippen molar-refractivity contribution in [3.63, 3.8) is 0 Å². The summed E-state index contributed by atoms with van der Waals surface area (Å²) in [6, 6.07) is 6.69. The van der Waals surface area contributed by atoms with Gasteiger partial charge in [-0.05, 0) is 24.5 Å². The molecule has 1 aliphatic rings. The van der Waals surface area contributed by atoms with Crippen molar-refractivity contribution in [3.05, 3.63) is 34.9 Å². The largest absolute Gasteiger partial charge is 0.480 e. The fourth-order valence-electron chi connectivity index (χ4n) is 1.49. The van der Waals surface area contributed by atoms with Crippen molar-refractivity contribution in [2.24, 2.45) is 0 Å². The fraction of sp³-hybridized carbons (Fsp3) is 0.364. The zero-order valence-corrected chi connectivity index (χ0v) is 8.87. The predicted octanol–water partition coefficient (Wildman–Crippen LogP) is 2.22. The van der Waals surface area contributed by atoms with Crippen LogP contribution in [-0.4, -0.2) is 17.1 Å². The van der Waals surface area contributed by atoms with Crippen molar-refractivity contribution in [2.75, 3.05) is 0 Å². The summed E-state index contributed by atoms with van der Waals surface area (Å²) >= 11 is 5.96. The maximum Gasteiger partial charge on any atom is 0.325 e. The molecule has 80 valence electrons. The van der Waals surface area contributed by atoms with Crippen LogP contribution < -0.4 is 5.32 Å². The molecule has 15 heavy (non-hydrogen) atoms. The van der Waals surface area contributed by atoms with Crippen molar-refractivity contribution in [2.45, 2.75) is 24.9 Å². The normalized spacial score (nSPS) is 17.4. The maximum absolute atomic E-state index is 11.1. The van der Waals surface area contributed by atoms with E-state index in [0.717, 1.165) is 12.8 Å². The first kappa shape index (κ1) is 10.5. The first-order valence-electron chi connectivity index (χ1n) is 4.92. The molecule has 0 bridgehead atoms. The quantitative estimate of drug-likeness (QED) is 0.826. The van der Waals surface area contributed by atoms with E-state index in [1.54, 1.807) is 24.3 Å². The lowest BCUT2D eigenvalue weighted by atomic mass is 10.1. The fourth-order valence-corrected chi connectivity index (χ4v) is 1.73. The van der Waals surface area contributed by atoms with E-state index in [1.165, 1.54) is 0 Å². The third kappa shape index (κ3) is 2.49. The molecule has 3 nitrogen and oxygen atoms in total. The third-order valence-corrected chi connectivity index (χ3v) is 2.79. The molecule has 0 spiro atoms. The molecule has 1 unspecified atom stereocenters. The van der Waals surface area contributed by atoms with E-state index < -0.39 is 12.0 Å². The van der Waals surface area contributed by atoms with Crippen molar-refractivity contribution in [1.82, 2.24) is 5.32 Å². The van der Waals surface area contributed by atoms with Gasteiger partial charge in [0.05, 0.1) is 0 Å². The highest BCUT2D eigenvalue weighted by Gasteiger charge is 2.30. The number of carboxylic acid groups (broad SMARTS) is 1. The van der Waals surface area contributed by atoms with Gasteiger partial charge in [0.15, 0.2) is 0 Å². The summed E-state index contributed by atoms with van der Waals surface area (Å²) in [6.07, 6.45) is 2.10. The number of benzene rings is 1. The Morgan fingerprint density at radius 2 is 2.13 bits per heavy atom. The molecule has 0 heterocycles. The van der Waals surface area contributed by atoms with E-state index in [0.29, 0.717) is 16.6 Å². The van der Waals surface area contributed by atoms with E-state index in [2.05, 4.69) is 5.32 Å². The molecule has 1 fully saturated rings. The molecule has 0 amide bonds. The Morgan fingerprint density at radius 3 is 2.67 bits per heavy atom. The number of hydrogen-bond acceptors (Lipinski definition) is 2. The standard InChI is InChI=1S/C11H12ClNO2/c12-9-4-2-1-3-8(9)10(11(14)15)13-7-5-6-7/h1-4,7,10,13H,5-6H2,(H,14,15). The molecular formula is C11H12ClNO2. The van der Waals surface area contributed by atoms with Gasteiger partial charge in [-0.3, -0.25) is 10.1 Å². The summed E-state index contributed by atoms with van der Waals surface area (Å²) in [7, 11) is 0. The number of aliphatic carboxylic acids is 1. The Kier molecular flexibility index (Phi) is 2.93. The summed E-state index contributed by atoms with van der Waals surface area (Å²) in [6.45, 7) is 0. The summed E-state index contributed by atoms with van der Waals surface area (Å²) in [5.41, 5.74) is 0.638. The number of halogens is 1. The second-order valence-corrected chi connectivity index (χ2v) is 4.14. The van der Waals surface area contributed by atoms with Crippen molar-refractivity contribution >= 4 is 17.6 Å². The molecule has 0 aromatic heterocycles. The SMILES string of the molecule is O=C(O)C(NC1CC1)c1ccccc1Cl. The van der Waals surface area contributed by atoms with Gasteiger partial charge in [0.2, 0.25) is 0 Å². The van der Waals surface area contributed by atoms with Crippen molar-refractivity contribution < 1.29 is 9.90 Å². The molecule has 1 atom stereocenters. The van der Waals surface area contributed by atoms with Crippen LogP contribution >= 0.6 is 11.6 Å². The lowest BCUT2D eigenvalue weighted by molar-refractivity contribution is -0.139. The maximum atomic E-state index is 11.1. The number of rotatable bonds is 4. The molecule has 0 saturated heterocycles. The van der Waals surface area contributed by atoms with E-state index in [4.69, 9.17) is 16.7 Å². The van der Waals surface area contributed by atoms with E-state index in [9.17, 15) is 4.79 Å². The average Bonchev–Trinajstić information content (AvgIpc) is 2.99. The number of nitrogens with one attached hydrogen (secondary N) is 1. The lowest BCUT2D eigenvalue weighted by Gasteiger charge is -2.15. The van der Waals surface area contributed by atoms with Gasteiger partial charge in [0, 0.05) is 11.1 Å². The van der Waals surface area contributed by atoms with Crippen LogP contribution in [0.25, 0.3) is 0 Å². The first-order valence-corrected chi connectivity index (χ1v) is 5.29. The topological polar surface area (TPSA) is 49.3 Å². The van der Waals surface area contributed by atoms with Crippen LogP contribution in [0.2, 0.25) is 5.02 Å². The minimum absolute atomic E-state index is 0.336. The monoisotopic (exact) mass is 225 g/mol. The minimum atomic E-state index is -0.880. The molecular weight excluding hydrogens is 214 g/mol. The zero-order chi connectivity index (χ0) is 10.8. The molecule has 1 saturated carbocycles. The van der Waals surface area contributed by atoms with Crippen molar-refractivity contribution in [1.29, 1.82) is 0 Å². The van der Waals surface area contributed by atoms with Crippen LogP contribution in [0.5, 0.6) is 0 Å². The van der Waals surface area contributed by atoms with Gasteiger partial charge in [-0.15, -0.1) is 0 Å². The zero-order valence-electron chi connectivity index (χ0n) is 8.11. The van der Waals surface area contributed by atoms with Gasteiger partial charge in [0.1, 0.15) is 6.04 Å². The Labute approximate surface area is 93.1 Å². The van der Waals surface area contributed by atoms with E-state index in [1.807, 2.05) is 0 Å². The predicted molar refractivity (Wildman–Crippen MR) is 58.0 cm³/mol. The number of hydrogen-bond donors (Lipinski definition) is 2. The number of carbonyl (C=O) groups is 1. The number of carboxylic acids is 1. The van der Waals surface area contributed by atoms with Crippen LogP contribution in [0.4, 0.5) is 0 Å². The van der Waals surface area contributed by atoms with Gasteiger partial charge in [0.25, 0.3) is 0 Å². The van der Waals surface area contributed by atoms with Crippen LogP contribution in [0.15, 0.2) is 24.3 Å². The second kappa shape index (κ2) is 4.21. The minimum Gasteiger partial charge on any atom is -0.480 e. The Balaban J connectivity index is 2.22. The molecule has 2 N–H and O–H groups in total. The highest BCUT2D eigenvalue weighted by atomic mass is 35.5. The Bertz CT molecular complexity index is 377. The van der Waals surface area contributed by atoms with Gasteiger partial charge in [-0.25, -0.2) is 0 Å². The second-order valence-electron chi connectivity index (χ2n) is 3.73. The van der Waals surface area contributed by atoms with Gasteiger partial charge in [-0.2, -0.15) is 0 Å². The first-order chi connectivity index (χ1) is 7.18. The summed E-state index contributed by atoms with van der Waals surface area (Å²) in [5.74, 6) is -0.880.